The molecule has 2 aromatic carbocycles. The fourth-order valence-electron chi connectivity index (χ4n) is 5.73. The van der Waals surface area contributed by atoms with E-state index in [1.165, 1.54) is 0 Å². The van der Waals surface area contributed by atoms with Gasteiger partial charge in [-0.15, -0.1) is 0 Å². The highest BCUT2D eigenvalue weighted by Gasteiger charge is 2.33. The van der Waals surface area contributed by atoms with Gasteiger partial charge in [-0.3, -0.25) is 9.59 Å². The number of Topliss-reactive ketones (excluding diaryl/α,β-unsaturated/α-hetero) is 1. The third-order valence-electron chi connectivity index (χ3n) is 7.88. The molecule has 9 heteroatoms. The number of anilines is 1. The van der Waals surface area contributed by atoms with Crippen LogP contribution in [0.4, 0.5) is 10.5 Å². The fraction of sp³-hybridized carbons (Fsp3) is 0.412. The van der Waals surface area contributed by atoms with Crippen molar-refractivity contribution in [3.63, 3.8) is 0 Å². The highest BCUT2D eigenvalue weighted by Crippen LogP contribution is 2.35. The van der Waals surface area contributed by atoms with Crippen molar-refractivity contribution in [2.45, 2.75) is 73.0 Å². The van der Waals surface area contributed by atoms with Crippen LogP contribution in [-0.2, 0) is 11.2 Å². The van der Waals surface area contributed by atoms with Gasteiger partial charge in [0.05, 0.1) is 5.56 Å². The van der Waals surface area contributed by atoms with E-state index in [9.17, 15) is 24.3 Å². The van der Waals surface area contributed by atoms with Crippen LogP contribution in [0.15, 0.2) is 47.3 Å². The minimum Gasteiger partial charge on any atom is -0.478 e. The Hall–Kier alpha value is -4.40. The van der Waals surface area contributed by atoms with Gasteiger partial charge in [-0.05, 0) is 107 Å². The number of H-pyrrole nitrogens is 1. The van der Waals surface area contributed by atoms with E-state index in [0.29, 0.717) is 30.8 Å². The maximum Gasteiger partial charge on any atom is 0.410 e. The molecule has 1 fully saturated rings. The highest BCUT2D eigenvalue weighted by atomic mass is 16.6. The number of likely N-dealkylation sites (N-methyl/N-ethyl adjacent to an activating group) is 1. The normalized spacial score (nSPS) is 15.0. The number of ether oxygens (including phenoxy) is 1. The monoisotopic (exact) mass is 587 g/mol. The summed E-state index contributed by atoms with van der Waals surface area (Å²) in [6.45, 7) is 14.8. The lowest BCUT2D eigenvalue weighted by molar-refractivity contribution is 0.0292. The first-order valence-corrected chi connectivity index (χ1v) is 14.6. The first kappa shape index (κ1) is 31.5. The Morgan fingerprint density at radius 2 is 1.72 bits per heavy atom. The second kappa shape index (κ2) is 12.5. The number of ketones is 1. The largest absolute Gasteiger partial charge is 0.478 e. The molecule has 3 aromatic rings. The molecule has 2 N–H and O–H groups in total. The van der Waals surface area contributed by atoms with E-state index in [-0.39, 0.29) is 35.5 Å². The quantitative estimate of drug-likeness (QED) is 0.314. The zero-order valence-corrected chi connectivity index (χ0v) is 26.0. The first-order valence-electron chi connectivity index (χ1n) is 14.6. The molecular formula is C34H41N3O6. The van der Waals surface area contributed by atoms with Gasteiger partial charge in [0, 0.05) is 54.6 Å². The molecule has 4 rings (SSSR count). The number of pyridine rings is 1. The summed E-state index contributed by atoms with van der Waals surface area (Å²) in [5.74, 6) is -1.20. The molecule has 0 radical (unpaired) electrons. The van der Waals surface area contributed by atoms with Gasteiger partial charge in [0.15, 0.2) is 5.78 Å². The molecule has 1 aliphatic rings. The molecule has 0 spiro atoms. The summed E-state index contributed by atoms with van der Waals surface area (Å²) in [7, 11) is 0. The van der Waals surface area contributed by atoms with Crippen molar-refractivity contribution in [3.05, 3.63) is 86.3 Å². The minimum absolute atomic E-state index is 0.00555. The van der Waals surface area contributed by atoms with Gasteiger partial charge < -0.3 is 24.6 Å². The molecule has 1 aliphatic heterocycles. The van der Waals surface area contributed by atoms with Gasteiger partial charge in [0.1, 0.15) is 5.60 Å². The van der Waals surface area contributed by atoms with Crippen molar-refractivity contribution in [2.24, 2.45) is 0 Å². The van der Waals surface area contributed by atoms with E-state index in [1.54, 1.807) is 29.2 Å². The van der Waals surface area contributed by atoms with Crippen LogP contribution in [0.5, 0.6) is 0 Å². The van der Waals surface area contributed by atoms with Crippen LogP contribution < -0.4 is 10.5 Å². The Kier molecular flexibility index (Phi) is 9.13. The standard InChI is InChI=1S/C34H41N3O6/c1-8-37(26-13-14-36(19-26)33(42)43-34(5,6)7)29-17-25(23-9-11-24(12-10-23)32(40)41)16-28(22(29)4)30(38)18-27-20(2)15-21(3)35-31(27)39/h9-12,15-17,26H,8,13-14,18-19H2,1-7H3,(H,35,39)(H,40,41). The summed E-state index contributed by atoms with van der Waals surface area (Å²) in [5, 5.41) is 9.38. The van der Waals surface area contributed by atoms with Crippen molar-refractivity contribution in [1.29, 1.82) is 0 Å². The minimum atomic E-state index is -1.02. The Bertz CT molecular complexity index is 1600. The number of carbonyl (C=O) groups is 3. The predicted molar refractivity (Wildman–Crippen MR) is 167 cm³/mol. The maximum atomic E-state index is 13.9. The van der Waals surface area contributed by atoms with Crippen molar-refractivity contribution >= 4 is 23.5 Å². The number of carboxylic acids is 1. The number of carboxylic acid groups (broad SMARTS) is 1. The lowest BCUT2D eigenvalue weighted by atomic mass is 9.91. The molecule has 1 unspecified atom stereocenters. The predicted octanol–water partition coefficient (Wildman–Crippen LogP) is 5.93. The van der Waals surface area contributed by atoms with Crippen molar-refractivity contribution in [1.82, 2.24) is 9.88 Å². The van der Waals surface area contributed by atoms with Gasteiger partial charge in [-0.2, -0.15) is 0 Å². The van der Waals surface area contributed by atoms with Gasteiger partial charge in [0.2, 0.25) is 0 Å². The van der Waals surface area contributed by atoms with Crippen LogP contribution in [0.3, 0.4) is 0 Å². The highest BCUT2D eigenvalue weighted by molar-refractivity contribution is 6.01. The number of likely N-dealkylation sites (tertiary alicyclic amines) is 1. The average molecular weight is 588 g/mol. The summed E-state index contributed by atoms with van der Waals surface area (Å²) in [5.41, 5.74) is 4.91. The zero-order chi connectivity index (χ0) is 31.6. The fourth-order valence-corrected chi connectivity index (χ4v) is 5.73. The number of nitrogens with zero attached hydrogens (tertiary/aromatic N) is 2. The lowest BCUT2D eigenvalue weighted by Crippen LogP contribution is -2.41. The van der Waals surface area contributed by atoms with Crippen LogP contribution >= 0.6 is 0 Å². The molecule has 1 amide bonds. The van der Waals surface area contributed by atoms with E-state index < -0.39 is 11.6 Å². The van der Waals surface area contributed by atoms with Crippen molar-refractivity contribution < 1.29 is 24.2 Å². The van der Waals surface area contributed by atoms with E-state index in [1.807, 2.05) is 66.7 Å². The summed E-state index contributed by atoms with van der Waals surface area (Å²) >= 11 is 0. The number of aryl methyl sites for hydroxylation is 2. The zero-order valence-electron chi connectivity index (χ0n) is 26.0. The molecule has 43 heavy (non-hydrogen) atoms. The third kappa shape index (κ3) is 7.16. The smallest absolute Gasteiger partial charge is 0.410 e. The number of aromatic amines is 1. The van der Waals surface area contributed by atoms with Crippen molar-refractivity contribution in [2.75, 3.05) is 24.5 Å². The number of nitrogens with one attached hydrogen (secondary N) is 1. The molecule has 0 bridgehead atoms. The molecule has 0 saturated carbocycles. The number of amides is 1. The molecule has 0 aliphatic carbocycles. The summed E-state index contributed by atoms with van der Waals surface area (Å²) in [6, 6.07) is 12.3. The average Bonchev–Trinajstić information content (AvgIpc) is 3.41. The van der Waals surface area contributed by atoms with Gasteiger partial charge in [-0.25, -0.2) is 9.59 Å². The Morgan fingerprint density at radius 3 is 2.30 bits per heavy atom. The van der Waals surface area contributed by atoms with Crippen molar-refractivity contribution in [3.8, 4) is 11.1 Å². The molecule has 1 aromatic heterocycles. The van der Waals surface area contributed by atoms with E-state index in [0.717, 1.165) is 40.1 Å². The maximum absolute atomic E-state index is 13.9. The van der Waals surface area contributed by atoms with Crippen LogP contribution in [0, 0.1) is 20.8 Å². The van der Waals surface area contributed by atoms with Gasteiger partial charge in [-0.1, -0.05) is 12.1 Å². The molecule has 9 nitrogen and oxygen atoms in total. The summed E-state index contributed by atoms with van der Waals surface area (Å²) in [6.07, 6.45) is 0.348. The molecule has 1 atom stereocenters. The summed E-state index contributed by atoms with van der Waals surface area (Å²) in [4.78, 5) is 57.6. The molecule has 2 heterocycles. The van der Waals surface area contributed by atoms with Crippen LogP contribution in [0.1, 0.15) is 77.2 Å². The molecule has 1 saturated heterocycles. The number of hydrogen-bond acceptors (Lipinski definition) is 6. The van der Waals surface area contributed by atoms with E-state index in [2.05, 4.69) is 9.88 Å². The number of benzene rings is 2. The first-order chi connectivity index (χ1) is 20.2. The third-order valence-corrected chi connectivity index (χ3v) is 7.88. The summed E-state index contributed by atoms with van der Waals surface area (Å²) < 4.78 is 5.60. The van der Waals surface area contributed by atoms with E-state index >= 15 is 0 Å². The Labute approximate surface area is 252 Å². The van der Waals surface area contributed by atoms with Crippen LogP contribution in [0.25, 0.3) is 11.1 Å². The molecule has 228 valence electrons. The topological polar surface area (TPSA) is 120 Å². The van der Waals surface area contributed by atoms with Gasteiger partial charge in [0.25, 0.3) is 5.56 Å². The van der Waals surface area contributed by atoms with Gasteiger partial charge >= 0.3 is 12.1 Å². The van der Waals surface area contributed by atoms with Crippen LogP contribution in [-0.4, -0.2) is 64.1 Å². The van der Waals surface area contributed by atoms with Crippen LogP contribution in [0.2, 0.25) is 0 Å². The molecular weight excluding hydrogens is 546 g/mol. The Morgan fingerprint density at radius 1 is 1.05 bits per heavy atom. The number of carbonyl (C=O) groups excluding carboxylic acids is 2. The number of rotatable bonds is 8. The SMILES string of the molecule is CCN(c1cc(-c2ccc(C(=O)O)cc2)cc(C(=O)Cc2c(C)cc(C)[nH]c2=O)c1C)C1CCN(C(=O)OC(C)(C)C)C1. The second-order valence-electron chi connectivity index (χ2n) is 12.2. The Balaban J connectivity index is 1.76. The number of aromatic carboxylic acids is 1. The second-order valence-corrected chi connectivity index (χ2v) is 12.2. The lowest BCUT2D eigenvalue weighted by Gasteiger charge is -2.33. The number of hydrogen-bond donors (Lipinski definition) is 2. The van der Waals surface area contributed by atoms with E-state index in [4.69, 9.17) is 4.74 Å². The number of aromatic nitrogens is 1.